The van der Waals surface area contributed by atoms with Gasteiger partial charge in [-0.05, 0) is 42.7 Å². The first-order valence-electron chi connectivity index (χ1n) is 10.3. The van der Waals surface area contributed by atoms with Crippen molar-refractivity contribution in [1.82, 2.24) is 19.7 Å². The van der Waals surface area contributed by atoms with E-state index in [1.165, 1.54) is 12.1 Å². The monoisotopic (exact) mass is 432 g/mol. The molecule has 162 valence electrons. The van der Waals surface area contributed by atoms with Gasteiger partial charge in [-0.2, -0.15) is 14.8 Å². The van der Waals surface area contributed by atoms with Gasteiger partial charge in [-0.25, -0.2) is 9.37 Å². The molecule has 0 atom stereocenters. The van der Waals surface area contributed by atoms with Gasteiger partial charge in [0.1, 0.15) is 11.6 Å². The van der Waals surface area contributed by atoms with Gasteiger partial charge in [-0.15, -0.1) is 0 Å². The summed E-state index contributed by atoms with van der Waals surface area (Å²) < 4.78 is 20.9. The van der Waals surface area contributed by atoms with Gasteiger partial charge in [0.05, 0.1) is 29.6 Å². The number of nitrogens with zero attached hydrogens (tertiary/aromatic N) is 4. The van der Waals surface area contributed by atoms with E-state index in [-0.39, 0.29) is 5.82 Å². The normalized spacial score (nSPS) is 13.5. The standard InChI is InChI=1S/C23H21FN6O2/c24-15-5-1-4-14(10-15)11-26-22-18-13-32-9-3-7-19(18)28-23(29-22)30-20-8-2-6-16(21(25)31)17(20)12-27-30/h1-2,4-6,8,10,12H,3,7,9,11,13H2,(H2,25,31)(H,26,28,29). The molecule has 2 aromatic heterocycles. The molecule has 0 fully saturated rings. The lowest BCUT2D eigenvalue weighted by molar-refractivity contribution is 0.100. The highest BCUT2D eigenvalue weighted by atomic mass is 19.1. The Morgan fingerprint density at radius 2 is 2.09 bits per heavy atom. The summed E-state index contributed by atoms with van der Waals surface area (Å²) >= 11 is 0. The maximum Gasteiger partial charge on any atom is 0.253 e. The first-order chi connectivity index (χ1) is 15.6. The number of ether oxygens (including phenoxy) is 1. The molecular formula is C23H21FN6O2. The zero-order valence-corrected chi connectivity index (χ0v) is 17.2. The number of amides is 1. The van der Waals surface area contributed by atoms with E-state index in [0.29, 0.717) is 48.0 Å². The molecule has 1 amide bonds. The molecule has 5 rings (SSSR count). The minimum Gasteiger partial charge on any atom is -0.377 e. The Labute approximate surface area is 183 Å². The van der Waals surface area contributed by atoms with E-state index in [0.717, 1.165) is 29.7 Å². The van der Waals surface area contributed by atoms with E-state index in [9.17, 15) is 9.18 Å². The van der Waals surface area contributed by atoms with Crippen LogP contribution in [0.4, 0.5) is 10.2 Å². The number of halogens is 1. The fraction of sp³-hybridized carbons (Fsp3) is 0.217. The average Bonchev–Trinajstić information content (AvgIpc) is 3.08. The highest BCUT2D eigenvalue weighted by Crippen LogP contribution is 2.26. The van der Waals surface area contributed by atoms with Crippen molar-refractivity contribution >= 4 is 22.6 Å². The Morgan fingerprint density at radius 3 is 2.94 bits per heavy atom. The topological polar surface area (TPSA) is 108 Å². The Bertz CT molecular complexity index is 1320. The molecule has 2 aromatic carbocycles. The number of anilines is 1. The number of hydrogen-bond acceptors (Lipinski definition) is 6. The van der Waals surface area contributed by atoms with Crippen LogP contribution < -0.4 is 11.1 Å². The predicted octanol–water partition coefficient (Wildman–Crippen LogP) is 3.13. The maximum absolute atomic E-state index is 13.6. The van der Waals surface area contributed by atoms with Crippen LogP contribution in [0.1, 0.15) is 33.6 Å². The first-order valence-corrected chi connectivity index (χ1v) is 10.3. The number of rotatable bonds is 5. The molecule has 0 saturated heterocycles. The van der Waals surface area contributed by atoms with E-state index in [1.807, 2.05) is 12.1 Å². The smallest absolute Gasteiger partial charge is 0.253 e. The molecule has 0 saturated carbocycles. The Hall–Kier alpha value is -3.85. The first kappa shape index (κ1) is 20.1. The van der Waals surface area contributed by atoms with Gasteiger partial charge in [-0.3, -0.25) is 4.79 Å². The van der Waals surface area contributed by atoms with Crippen molar-refractivity contribution in [3.63, 3.8) is 0 Å². The van der Waals surface area contributed by atoms with Crippen LogP contribution in [0.15, 0.2) is 48.7 Å². The Morgan fingerprint density at radius 1 is 1.22 bits per heavy atom. The van der Waals surface area contributed by atoms with Crippen LogP contribution in [0, 0.1) is 5.82 Å². The minimum atomic E-state index is -0.521. The lowest BCUT2D eigenvalue weighted by atomic mass is 10.1. The van der Waals surface area contributed by atoms with E-state index in [1.54, 1.807) is 29.1 Å². The van der Waals surface area contributed by atoms with Crippen LogP contribution in [0.2, 0.25) is 0 Å². The third kappa shape index (κ3) is 3.78. The maximum atomic E-state index is 13.6. The molecule has 4 aromatic rings. The third-order valence-electron chi connectivity index (χ3n) is 5.45. The number of carbonyl (C=O) groups excluding carboxylic acids is 1. The van der Waals surface area contributed by atoms with Crippen LogP contribution >= 0.6 is 0 Å². The third-order valence-corrected chi connectivity index (χ3v) is 5.45. The van der Waals surface area contributed by atoms with Crippen molar-refractivity contribution in [2.24, 2.45) is 5.73 Å². The van der Waals surface area contributed by atoms with Crippen molar-refractivity contribution in [3.05, 3.63) is 76.9 Å². The summed E-state index contributed by atoms with van der Waals surface area (Å²) in [6, 6.07) is 11.7. The lowest BCUT2D eigenvalue weighted by Gasteiger charge is -2.15. The Balaban J connectivity index is 1.58. The van der Waals surface area contributed by atoms with Crippen LogP contribution in [0.25, 0.3) is 16.9 Å². The second-order valence-corrected chi connectivity index (χ2v) is 7.60. The molecule has 0 spiro atoms. The highest BCUT2D eigenvalue weighted by molar-refractivity contribution is 6.05. The number of primary amides is 1. The van der Waals surface area contributed by atoms with E-state index >= 15 is 0 Å². The van der Waals surface area contributed by atoms with Gasteiger partial charge in [0.15, 0.2) is 0 Å². The summed E-state index contributed by atoms with van der Waals surface area (Å²) in [5.74, 6) is 0.186. The number of carbonyl (C=O) groups is 1. The molecule has 0 aliphatic carbocycles. The predicted molar refractivity (Wildman–Crippen MR) is 117 cm³/mol. The number of benzene rings is 2. The number of nitrogens with two attached hydrogens (primary N) is 1. The van der Waals surface area contributed by atoms with Gasteiger partial charge in [-0.1, -0.05) is 18.2 Å². The zero-order chi connectivity index (χ0) is 22.1. The zero-order valence-electron chi connectivity index (χ0n) is 17.2. The quantitative estimate of drug-likeness (QED) is 0.502. The molecule has 32 heavy (non-hydrogen) atoms. The summed E-state index contributed by atoms with van der Waals surface area (Å²) in [5, 5.41) is 8.37. The van der Waals surface area contributed by atoms with Crippen molar-refractivity contribution in [1.29, 1.82) is 0 Å². The van der Waals surface area contributed by atoms with E-state index < -0.39 is 5.91 Å². The SMILES string of the molecule is NC(=O)c1cccc2c1cnn2-c1nc2c(c(NCc3cccc(F)c3)n1)COCCC2. The molecule has 0 unspecified atom stereocenters. The molecule has 9 heteroatoms. The second kappa shape index (κ2) is 8.35. The van der Waals surface area contributed by atoms with Crippen molar-refractivity contribution in [2.45, 2.75) is 26.0 Å². The molecular weight excluding hydrogens is 411 g/mol. The number of fused-ring (bicyclic) bond motifs is 2. The van der Waals surface area contributed by atoms with Gasteiger partial charge < -0.3 is 15.8 Å². The number of hydrogen-bond donors (Lipinski definition) is 2. The average molecular weight is 432 g/mol. The minimum absolute atomic E-state index is 0.289. The Kier molecular flexibility index (Phi) is 5.24. The largest absolute Gasteiger partial charge is 0.377 e. The lowest BCUT2D eigenvalue weighted by Crippen LogP contribution is -2.14. The molecule has 3 heterocycles. The fourth-order valence-electron chi connectivity index (χ4n) is 3.89. The summed E-state index contributed by atoms with van der Waals surface area (Å²) in [6.07, 6.45) is 3.18. The van der Waals surface area contributed by atoms with Gasteiger partial charge >= 0.3 is 0 Å². The van der Waals surface area contributed by atoms with E-state index in [2.05, 4.69) is 10.4 Å². The molecule has 1 aliphatic heterocycles. The molecule has 0 radical (unpaired) electrons. The van der Waals surface area contributed by atoms with Crippen molar-refractivity contribution in [3.8, 4) is 5.95 Å². The van der Waals surface area contributed by atoms with Crippen molar-refractivity contribution in [2.75, 3.05) is 11.9 Å². The molecule has 3 N–H and O–H groups in total. The van der Waals surface area contributed by atoms with Crippen molar-refractivity contribution < 1.29 is 13.9 Å². The van der Waals surface area contributed by atoms with Crippen LogP contribution in [-0.2, 0) is 24.3 Å². The number of aromatic nitrogens is 4. The van der Waals surface area contributed by atoms with E-state index in [4.69, 9.17) is 20.4 Å². The van der Waals surface area contributed by atoms with Crippen LogP contribution in [0.5, 0.6) is 0 Å². The molecule has 0 bridgehead atoms. The number of nitrogens with one attached hydrogen (secondary N) is 1. The molecule has 1 aliphatic rings. The second-order valence-electron chi connectivity index (χ2n) is 7.60. The van der Waals surface area contributed by atoms with Gasteiger partial charge in [0, 0.05) is 24.1 Å². The van der Waals surface area contributed by atoms with Gasteiger partial charge in [0.25, 0.3) is 5.95 Å². The highest BCUT2D eigenvalue weighted by Gasteiger charge is 2.20. The molecule has 8 nitrogen and oxygen atoms in total. The summed E-state index contributed by atoms with van der Waals surface area (Å²) in [4.78, 5) is 21.3. The summed E-state index contributed by atoms with van der Waals surface area (Å²) in [7, 11) is 0. The summed E-state index contributed by atoms with van der Waals surface area (Å²) in [5.41, 5.74) is 9.14. The summed E-state index contributed by atoms with van der Waals surface area (Å²) in [6.45, 7) is 1.43. The van der Waals surface area contributed by atoms with Gasteiger partial charge in [0.2, 0.25) is 5.91 Å². The fourth-order valence-corrected chi connectivity index (χ4v) is 3.89. The van der Waals surface area contributed by atoms with Crippen LogP contribution in [0.3, 0.4) is 0 Å². The van der Waals surface area contributed by atoms with Crippen LogP contribution in [-0.4, -0.2) is 32.3 Å². The number of aryl methyl sites for hydroxylation is 1.